The van der Waals surface area contributed by atoms with Gasteiger partial charge < -0.3 is 24.9 Å². The fraction of sp³-hybridized carbons (Fsp3) is 0.0909. The highest BCUT2D eigenvalue weighted by Gasteiger charge is 2.08. The number of hydrogen-bond acceptors (Lipinski definition) is 12. The van der Waals surface area contributed by atoms with E-state index in [9.17, 15) is 10.0 Å². The Balaban J connectivity index is 1.54. The molecule has 12 heteroatoms. The number of nitrogens with one attached hydrogen (secondary N) is 3. The van der Waals surface area contributed by atoms with Gasteiger partial charge in [0.25, 0.3) is 0 Å². The molecule has 0 aliphatic carbocycles. The summed E-state index contributed by atoms with van der Waals surface area (Å²) in [6, 6.07) is 15.0. The molecule has 0 fully saturated rings. The van der Waals surface area contributed by atoms with Crippen LogP contribution in [0.4, 0.5) is 29.2 Å². The molecule has 0 bridgehead atoms. The van der Waals surface area contributed by atoms with Crippen LogP contribution in [0.1, 0.15) is 11.3 Å². The van der Waals surface area contributed by atoms with Crippen LogP contribution in [-0.2, 0) is 6.54 Å². The number of benzene rings is 2. The van der Waals surface area contributed by atoms with Gasteiger partial charge in [0, 0.05) is 11.3 Å². The van der Waals surface area contributed by atoms with E-state index in [2.05, 4.69) is 41.3 Å². The van der Waals surface area contributed by atoms with Gasteiger partial charge in [-0.05, 0) is 59.8 Å². The number of ether oxygens (including phenoxy) is 1. The minimum absolute atomic E-state index is 0.0590. The molecule has 0 saturated carbocycles. The van der Waals surface area contributed by atoms with E-state index >= 15 is 0 Å². The first kappa shape index (κ1) is 22.2. The third kappa shape index (κ3) is 5.82. The molecule has 34 heavy (non-hydrogen) atoms. The third-order valence-corrected chi connectivity index (χ3v) is 4.47. The largest absolute Gasteiger partial charge is 0.507 e. The molecule has 2 aromatic carbocycles. The van der Waals surface area contributed by atoms with Gasteiger partial charge in [-0.25, -0.2) is 5.43 Å². The van der Waals surface area contributed by atoms with Crippen LogP contribution in [0.15, 0.2) is 75.6 Å². The van der Waals surface area contributed by atoms with Crippen LogP contribution < -0.4 is 20.8 Å². The summed E-state index contributed by atoms with van der Waals surface area (Å²) in [4.78, 5) is 23.7. The summed E-state index contributed by atoms with van der Waals surface area (Å²) in [7, 11) is 1.59. The van der Waals surface area contributed by atoms with Crippen LogP contribution in [0, 0.1) is 4.91 Å². The summed E-state index contributed by atoms with van der Waals surface area (Å²) < 4.78 is 10.5. The number of hydrogen-bond donors (Lipinski definition) is 4. The van der Waals surface area contributed by atoms with Crippen molar-refractivity contribution >= 4 is 35.4 Å². The Kier molecular flexibility index (Phi) is 6.89. The zero-order valence-corrected chi connectivity index (χ0v) is 18.0. The second-order valence-electron chi connectivity index (χ2n) is 6.80. The molecule has 4 rings (SSSR count). The van der Waals surface area contributed by atoms with Gasteiger partial charge in [0.05, 0.1) is 26.1 Å². The van der Waals surface area contributed by atoms with Crippen molar-refractivity contribution in [3.8, 4) is 11.5 Å². The topological polar surface area (TPSA) is 159 Å². The Hall–Kier alpha value is -5.00. The summed E-state index contributed by atoms with van der Waals surface area (Å²) in [6.07, 6.45) is 2.90. The number of methoxy groups -OCH3 is 1. The molecule has 0 aliphatic heterocycles. The molecular weight excluding hydrogens is 440 g/mol. The van der Waals surface area contributed by atoms with E-state index in [1.54, 1.807) is 31.6 Å². The van der Waals surface area contributed by atoms with E-state index in [1.807, 2.05) is 18.2 Å². The zero-order valence-electron chi connectivity index (χ0n) is 18.0. The molecule has 0 unspecified atom stereocenters. The van der Waals surface area contributed by atoms with Crippen LogP contribution >= 0.6 is 0 Å². The molecule has 2 aromatic heterocycles. The second kappa shape index (κ2) is 10.5. The highest BCUT2D eigenvalue weighted by Crippen LogP contribution is 2.22. The number of nitrogens with zero attached hydrogens (tertiary/aromatic N) is 5. The number of hydrazone groups is 1. The average molecular weight is 460 g/mol. The number of aromatic hydroxyl groups is 1. The zero-order chi connectivity index (χ0) is 23.8. The van der Waals surface area contributed by atoms with Crippen LogP contribution in [-0.4, -0.2) is 33.4 Å². The first-order valence-corrected chi connectivity index (χ1v) is 10.0. The minimum Gasteiger partial charge on any atom is -0.507 e. The number of phenols is 1. The number of furan rings is 1. The molecule has 0 amide bonds. The van der Waals surface area contributed by atoms with Crippen LogP contribution in [0.25, 0.3) is 0 Å². The maximum Gasteiger partial charge on any atom is 0.250 e. The second-order valence-corrected chi connectivity index (χ2v) is 6.80. The van der Waals surface area contributed by atoms with Gasteiger partial charge in [0.1, 0.15) is 22.9 Å². The summed E-state index contributed by atoms with van der Waals surface area (Å²) in [5.74, 6) is 2.03. The highest BCUT2D eigenvalue weighted by molar-refractivity contribution is 5.85. The third-order valence-electron chi connectivity index (χ3n) is 4.47. The molecule has 0 spiro atoms. The van der Waals surface area contributed by atoms with Crippen molar-refractivity contribution < 1.29 is 14.3 Å². The lowest BCUT2D eigenvalue weighted by Gasteiger charge is -2.10. The van der Waals surface area contributed by atoms with Crippen LogP contribution in [0.3, 0.4) is 0 Å². The van der Waals surface area contributed by atoms with Crippen LogP contribution in [0.2, 0.25) is 0 Å². The van der Waals surface area contributed by atoms with E-state index in [0.717, 1.165) is 11.4 Å². The number of rotatable bonds is 10. The minimum atomic E-state index is -0.0590. The van der Waals surface area contributed by atoms with Crippen molar-refractivity contribution in [2.75, 3.05) is 23.2 Å². The summed E-state index contributed by atoms with van der Waals surface area (Å²) in [5, 5.41) is 23.0. The molecule has 12 nitrogen and oxygen atoms in total. The monoisotopic (exact) mass is 460 g/mol. The Morgan fingerprint density at radius 2 is 1.85 bits per heavy atom. The molecule has 0 radical (unpaired) electrons. The van der Waals surface area contributed by atoms with Gasteiger partial charge in [-0.1, -0.05) is 0 Å². The number of aromatic nitrogens is 3. The predicted molar refractivity (Wildman–Crippen MR) is 127 cm³/mol. The Morgan fingerprint density at radius 3 is 2.59 bits per heavy atom. The standard InChI is InChI=1S/C22H20N8O4/c1-33-17-7-4-15(5-8-17)25-21-26-20(23-13-18-3-2-10-34-18)27-22(28-21)29-24-12-14-11-16(30-32)6-9-19(14)31/h2-12,31H,13H2,1H3,(H3,23,25,26,27,28,29)/b24-12+. The lowest BCUT2D eigenvalue weighted by molar-refractivity contribution is 0.415. The van der Waals surface area contributed by atoms with Crippen molar-refractivity contribution in [1.29, 1.82) is 0 Å². The first-order valence-electron chi connectivity index (χ1n) is 10.0. The van der Waals surface area contributed by atoms with Crippen LogP contribution in [0.5, 0.6) is 11.5 Å². The lowest BCUT2D eigenvalue weighted by atomic mass is 10.2. The maximum atomic E-state index is 10.7. The number of nitroso groups, excluding NO2 is 1. The van der Waals surface area contributed by atoms with Gasteiger partial charge in [0.15, 0.2) is 0 Å². The van der Waals surface area contributed by atoms with Gasteiger partial charge in [-0.15, -0.1) is 4.91 Å². The summed E-state index contributed by atoms with van der Waals surface area (Å²) in [6.45, 7) is 0.362. The van der Waals surface area contributed by atoms with Gasteiger partial charge >= 0.3 is 0 Å². The van der Waals surface area contributed by atoms with Crippen molar-refractivity contribution in [1.82, 2.24) is 15.0 Å². The van der Waals surface area contributed by atoms with Crippen molar-refractivity contribution in [2.45, 2.75) is 6.54 Å². The van der Waals surface area contributed by atoms with Gasteiger partial charge in [-0.2, -0.15) is 20.1 Å². The molecule has 2 heterocycles. The molecule has 4 aromatic rings. The molecule has 4 N–H and O–H groups in total. The van der Waals surface area contributed by atoms with Gasteiger partial charge in [0.2, 0.25) is 17.8 Å². The van der Waals surface area contributed by atoms with E-state index in [4.69, 9.17) is 9.15 Å². The molecule has 172 valence electrons. The number of anilines is 4. The summed E-state index contributed by atoms with van der Waals surface area (Å²) >= 11 is 0. The summed E-state index contributed by atoms with van der Waals surface area (Å²) in [5.41, 5.74) is 3.90. The normalized spacial score (nSPS) is 10.7. The first-order chi connectivity index (χ1) is 16.6. The van der Waals surface area contributed by atoms with E-state index in [0.29, 0.717) is 17.9 Å². The van der Waals surface area contributed by atoms with Crippen molar-refractivity contribution in [3.63, 3.8) is 0 Å². The smallest absolute Gasteiger partial charge is 0.250 e. The predicted octanol–water partition coefficient (Wildman–Crippen LogP) is 4.38. The molecule has 0 atom stereocenters. The Labute approximate surface area is 193 Å². The Morgan fingerprint density at radius 1 is 1.06 bits per heavy atom. The van der Waals surface area contributed by atoms with Gasteiger partial charge in [-0.3, -0.25) is 0 Å². The SMILES string of the molecule is COc1ccc(Nc2nc(NCc3ccco3)nc(N/N=C/c3cc(N=O)ccc3O)n2)cc1. The lowest BCUT2D eigenvalue weighted by Crippen LogP contribution is -2.09. The maximum absolute atomic E-state index is 10.7. The van der Waals surface area contributed by atoms with Crippen molar-refractivity contribution in [3.05, 3.63) is 77.1 Å². The molecule has 0 saturated heterocycles. The highest BCUT2D eigenvalue weighted by atomic mass is 16.5. The molecular formula is C22H20N8O4. The average Bonchev–Trinajstić information content (AvgIpc) is 3.38. The fourth-order valence-corrected chi connectivity index (χ4v) is 2.81. The Bertz CT molecular complexity index is 1280. The van der Waals surface area contributed by atoms with Crippen molar-refractivity contribution in [2.24, 2.45) is 10.3 Å². The van der Waals surface area contributed by atoms with E-state index < -0.39 is 0 Å². The van der Waals surface area contributed by atoms with E-state index in [1.165, 1.54) is 24.4 Å². The number of phenolic OH excluding ortho intramolecular Hbond substituents is 1. The van der Waals surface area contributed by atoms with E-state index in [-0.39, 0.29) is 29.3 Å². The fourth-order valence-electron chi connectivity index (χ4n) is 2.81. The molecule has 0 aliphatic rings. The quantitative estimate of drug-likeness (QED) is 0.152.